The zero-order valence-corrected chi connectivity index (χ0v) is 12.6. The zero-order valence-electron chi connectivity index (χ0n) is 12.6. The lowest BCUT2D eigenvalue weighted by Gasteiger charge is -2.14. The van der Waals surface area contributed by atoms with Crippen LogP contribution in [0.2, 0.25) is 0 Å². The second kappa shape index (κ2) is 6.52. The van der Waals surface area contributed by atoms with E-state index >= 15 is 0 Å². The molecule has 0 aliphatic rings. The highest BCUT2D eigenvalue weighted by molar-refractivity contribution is 5.43. The standard InChI is InChI=1S/C15H22N4O/c1-5-16-8-13-6-11(2)15(12(3)7-13)20-9-14-18-17-10-19(14)4/h6-7,10,16H,5,8-9H2,1-4H3. The van der Waals surface area contributed by atoms with Crippen LogP contribution < -0.4 is 10.1 Å². The molecule has 2 aromatic rings. The molecule has 0 amide bonds. The fourth-order valence-corrected chi connectivity index (χ4v) is 2.21. The minimum absolute atomic E-state index is 0.435. The highest BCUT2D eigenvalue weighted by atomic mass is 16.5. The summed E-state index contributed by atoms with van der Waals surface area (Å²) in [5.74, 6) is 1.76. The fourth-order valence-electron chi connectivity index (χ4n) is 2.21. The first-order valence-electron chi connectivity index (χ1n) is 6.88. The Morgan fingerprint density at radius 3 is 2.50 bits per heavy atom. The van der Waals surface area contributed by atoms with Crippen molar-refractivity contribution in [2.24, 2.45) is 7.05 Å². The number of nitrogens with one attached hydrogen (secondary N) is 1. The molecule has 0 saturated carbocycles. The molecule has 0 spiro atoms. The van der Waals surface area contributed by atoms with Gasteiger partial charge in [0, 0.05) is 13.6 Å². The quantitative estimate of drug-likeness (QED) is 0.876. The summed E-state index contributed by atoms with van der Waals surface area (Å²) in [7, 11) is 1.91. The molecule has 0 bridgehead atoms. The van der Waals surface area contributed by atoms with E-state index in [1.165, 1.54) is 5.56 Å². The molecule has 1 heterocycles. The van der Waals surface area contributed by atoms with E-state index in [4.69, 9.17) is 4.74 Å². The Hall–Kier alpha value is -1.88. The van der Waals surface area contributed by atoms with Crippen molar-refractivity contribution in [2.45, 2.75) is 33.9 Å². The van der Waals surface area contributed by atoms with Crippen molar-refractivity contribution in [3.05, 3.63) is 41.0 Å². The maximum Gasteiger partial charge on any atom is 0.170 e. The highest BCUT2D eigenvalue weighted by Gasteiger charge is 2.08. The van der Waals surface area contributed by atoms with Gasteiger partial charge in [-0.1, -0.05) is 19.1 Å². The van der Waals surface area contributed by atoms with Crippen LogP contribution in [-0.2, 0) is 20.2 Å². The Labute approximate surface area is 120 Å². The van der Waals surface area contributed by atoms with Crippen molar-refractivity contribution in [1.82, 2.24) is 20.1 Å². The number of ether oxygens (including phenoxy) is 1. The number of aromatic nitrogens is 3. The van der Waals surface area contributed by atoms with E-state index in [9.17, 15) is 0 Å². The maximum absolute atomic E-state index is 5.91. The third kappa shape index (κ3) is 3.36. The Balaban J connectivity index is 2.10. The van der Waals surface area contributed by atoms with Crippen LogP contribution in [0.1, 0.15) is 29.4 Å². The van der Waals surface area contributed by atoms with Gasteiger partial charge < -0.3 is 14.6 Å². The monoisotopic (exact) mass is 274 g/mol. The third-order valence-electron chi connectivity index (χ3n) is 3.25. The number of hydrogen-bond acceptors (Lipinski definition) is 4. The average molecular weight is 274 g/mol. The van der Waals surface area contributed by atoms with Gasteiger partial charge in [-0.05, 0) is 37.1 Å². The third-order valence-corrected chi connectivity index (χ3v) is 3.25. The molecule has 0 unspecified atom stereocenters. The zero-order chi connectivity index (χ0) is 14.5. The van der Waals surface area contributed by atoms with Crippen LogP contribution in [0.3, 0.4) is 0 Å². The van der Waals surface area contributed by atoms with Crippen LogP contribution in [-0.4, -0.2) is 21.3 Å². The van der Waals surface area contributed by atoms with Gasteiger partial charge >= 0.3 is 0 Å². The molecular formula is C15H22N4O. The first-order valence-corrected chi connectivity index (χ1v) is 6.88. The molecule has 2 rings (SSSR count). The van der Waals surface area contributed by atoms with Gasteiger partial charge in [0.25, 0.3) is 0 Å². The predicted molar refractivity (Wildman–Crippen MR) is 78.6 cm³/mol. The Bertz CT molecular complexity index is 554. The van der Waals surface area contributed by atoms with E-state index in [-0.39, 0.29) is 0 Å². The van der Waals surface area contributed by atoms with E-state index in [0.717, 1.165) is 35.8 Å². The van der Waals surface area contributed by atoms with Crippen molar-refractivity contribution in [2.75, 3.05) is 6.54 Å². The molecule has 5 nitrogen and oxygen atoms in total. The van der Waals surface area contributed by atoms with Crippen LogP contribution >= 0.6 is 0 Å². The predicted octanol–water partition coefficient (Wildman–Crippen LogP) is 2.12. The first kappa shape index (κ1) is 14.5. The molecule has 5 heteroatoms. The second-order valence-electron chi connectivity index (χ2n) is 4.99. The highest BCUT2D eigenvalue weighted by Crippen LogP contribution is 2.25. The van der Waals surface area contributed by atoms with Crippen LogP contribution in [0.25, 0.3) is 0 Å². The smallest absolute Gasteiger partial charge is 0.170 e. The lowest BCUT2D eigenvalue weighted by atomic mass is 10.1. The van der Waals surface area contributed by atoms with Crippen molar-refractivity contribution in [3.63, 3.8) is 0 Å². The Morgan fingerprint density at radius 2 is 1.95 bits per heavy atom. The number of nitrogens with zero attached hydrogens (tertiary/aromatic N) is 3. The fraction of sp³-hybridized carbons (Fsp3) is 0.467. The molecule has 108 valence electrons. The summed E-state index contributed by atoms with van der Waals surface area (Å²) in [6, 6.07) is 4.34. The Morgan fingerprint density at radius 1 is 1.25 bits per heavy atom. The molecule has 0 aliphatic carbocycles. The molecule has 0 aliphatic heterocycles. The van der Waals surface area contributed by atoms with Crippen molar-refractivity contribution in [3.8, 4) is 5.75 Å². The van der Waals surface area contributed by atoms with Gasteiger partial charge in [0.2, 0.25) is 0 Å². The number of aryl methyl sites for hydroxylation is 3. The van der Waals surface area contributed by atoms with Gasteiger partial charge in [-0.2, -0.15) is 0 Å². The molecule has 0 radical (unpaired) electrons. The van der Waals surface area contributed by atoms with Crippen molar-refractivity contribution < 1.29 is 4.74 Å². The SMILES string of the molecule is CCNCc1cc(C)c(OCc2nncn2C)c(C)c1. The second-order valence-corrected chi connectivity index (χ2v) is 4.99. The van der Waals surface area contributed by atoms with E-state index in [1.54, 1.807) is 6.33 Å². The van der Waals surface area contributed by atoms with Gasteiger partial charge in [-0.3, -0.25) is 0 Å². The summed E-state index contributed by atoms with van der Waals surface area (Å²) in [5, 5.41) is 11.2. The normalized spacial score (nSPS) is 10.8. The first-order chi connectivity index (χ1) is 9.61. The molecule has 1 aromatic heterocycles. The van der Waals surface area contributed by atoms with Crippen LogP contribution in [0.15, 0.2) is 18.5 Å². The van der Waals surface area contributed by atoms with Gasteiger partial charge in [-0.15, -0.1) is 10.2 Å². The summed E-state index contributed by atoms with van der Waals surface area (Å²) >= 11 is 0. The summed E-state index contributed by atoms with van der Waals surface area (Å²) < 4.78 is 7.77. The molecular weight excluding hydrogens is 252 g/mol. The van der Waals surface area contributed by atoms with Crippen LogP contribution in [0, 0.1) is 13.8 Å². The number of rotatable bonds is 6. The molecule has 1 aromatic carbocycles. The molecule has 0 atom stereocenters. The van der Waals surface area contributed by atoms with E-state index < -0.39 is 0 Å². The molecule has 20 heavy (non-hydrogen) atoms. The van der Waals surface area contributed by atoms with Gasteiger partial charge in [0.05, 0.1) is 0 Å². The minimum atomic E-state index is 0.435. The molecule has 0 saturated heterocycles. The van der Waals surface area contributed by atoms with Gasteiger partial charge in [0.1, 0.15) is 18.7 Å². The van der Waals surface area contributed by atoms with Crippen LogP contribution in [0.4, 0.5) is 0 Å². The average Bonchev–Trinajstić information content (AvgIpc) is 2.81. The van der Waals surface area contributed by atoms with Gasteiger partial charge in [0.15, 0.2) is 5.82 Å². The largest absolute Gasteiger partial charge is 0.485 e. The summed E-state index contributed by atoms with van der Waals surface area (Å²) in [4.78, 5) is 0. The van der Waals surface area contributed by atoms with E-state index in [2.05, 4.69) is 48.4 Å². The van der Waals surface area contributed by atoms with Gasteiger partial charge in [-0.25, -0.2) is 0 Å². The summed E-state index contributed by atoms with van der Waals surface area (Å²) in [6.07, 6.45) is 1.68. The van der Waals surface area contributed by atoms with Crippen molar-refractivity contribution >= 4 is 0 Å². The van der Waals surface area contributed by atoms with E-state index in [1.807, 2.05) is 11.6 Å². The molecule has 1 N–H and O–H groups in total. The number of hydrogen-bond donors (Lipinski definition) is 1. The van der Waals surface area contributed by atoms with E-state index in [0.29, 0.717) is 6.61 Å². The lowest BCUT2D eigenvalue weighted by Crippen LogP contribution is -2.12. The topological polar surface area (TPSA) is 52.0 Å². The summed E-state index contributed by atoms with van der Waals surface area (Å²) in [6.45, 7) is 8.57. The Kier molecular flexibility index (Phi) is 4.74. The maximum atomic E-state index is 5.91. The minimum Gasteiger partial charge on any atom is -0.485 e. The summed E-state index contributed by atoms with van der Waals surface area (Å²) in [5.41, 5.74) is 3.59. The van der Waals surface area contributed by atoms with Crippen LogP contribution in [0.5, 0.6) is 5.75 Å². The lowest BCUT2D eigenvalue weighted by molar-refractivity contribution is 0.287. The number of benzene rings is 1. The molecule has 0 fully saturated rings. The van der Waals surface area contributed by atoms with Crippen molar-refractivity contribution in [1.29, 1.82) is 0 Å².